The SMILES string of the molecule is [B]C(F)c1cc2c(cc1-c1cnn(C3CCN(c4ccc5c(c4)CN(C4CCC(=O)NC4=O)C5=O)CC3)c1)CCCN2c1cc(C)cc2c1cc(C)c(=O)n2C. The number of alkyl halides is 1. The van der Waals surface area contributed by atoms with Gasteiger partial charge in [0.2, 0.25) is 11.8 Å². The first-order valence-corrected chi connectivity index (χ1v) is 19.5. The van der Waals surface area contributed by atoms with Crippen molar-refractivity contribution in [3.63, 3.8) is 0 Å². The number of anilines is 3. The Balaban J connectivity index is 0.935. The number of piperidine rings is 2. The van der Waals surface area contributed by atoms with Crippen LogP contribution >= 0.6 is 0 Å². The number of benzene rings is 3. The molecular formula is C43H43BFN7O4. The van der Waals surface area contributed by atoms with Gasteiger partial charge in [-0.2, -0.15) is 5.10 Å². The number of nitrogens with one attached hydrogen (secondary N) is 1. The van der Waals surface area contributed by atoms with Crippen molar-refractivity contribution in [2.45, 2.75) is 77.1 Å². The first-order chi connectivity index (χ1) is 26.9. The number of amides is 3. The van der Waals surface area contributed by atoms with E-state index in [1.54, 1.807) is 16.5 Å². The molecule has 0 bridgehead atoms. The Morgan fingerprint density at radius 3 is 2.46 bits per heavy atom. The highest BCUT2D eigenvalue weighted by Gasteiger charge is 2.39. The van der Waals surface area contributed by atoms with Gasteiger partial charge in [-0.25, -0.2) is 0 Å². The van der Waals surface area contributed by atoms with Crippen molar-refractivity contribution >= 4 is 53.5 Å². The minimum absolute atomic E-state index is 0.0195. The lowest BCUT2D eigenvalue weighted by atomic mass is 9.85. The third-order valence-electron chi connectivity index (χ3n) is 12.2. The van der Waals surface area contributed by atoms with E-state index in [0.717, 1.165) is 101 Å². The van der Waals surface area contributed by atoms with Gasteiger partial charge in [0.15, 0.2) is 0 Å². The van der Waals surface area contributed by atoms with Crippen LogP contribution in [0, 0.1) is 13.8 Å². The normalized spacial score (nSPS) is 19.4. The second kappa shape index (κ2) is 13.8. The van der Waals surface area contributed by atoms with Crippen LogP contribution in [0.25, 0.3) is 22.0 Å². The van der Waals surface area contributed by atoms with E-state index in [2.05, 4.69) is 33.3 Å². The lowest BCUT2D eigenvalue weighted by molar-refractivity contribution is -0.136. The monoisotopic (exact) mass is 751 g/mol. The first kappa shape index (κ1) is 36.0. The van der Waals surface area contributed by atoms with Crippen LogP contribution in [0.4, 0.5) is 21.5 Å². The van der Waals surface area contributed by atoms with E-state index in [9.17, 15) is 19.2 Å². The molecular weight excluding hydrogens is 708 g/mol. The standard InChI is InChI=1S/C43H43BFN7O4/c1-24-15-37-34(17-25(2)42(55)48(37)3)38(16-24)50-12-4-5-26-19-32(33(40(44)45)20-36(26)50)28-21-46-52(23-28)29-10-13-49(14-11-29)30-6-7-31-27(18-30)22-51(43(31)56)35-8-9-39(53)47-41(35)54/h6-7,15-21,23,29,35,40H,4-5,8-14,22H2,1-3H3,(H,47,53,54). The zero-order valence-corrected chi connectivity index (χ0v) is 31.8. The van der Waals surface area contributed by atoms with Crippen molar-refractivity contribution in [3.8, 4) is 11.1 Å². The molecule has 11 nitrogen and oxygen atoms in total. The van der Waals surface area contributed by atoms with Gasteiger partial charge < -0.3 is 19.3 Å². The number of carbonyl (C=O) groups is 3. The van der Waals surface area contributed by atoms with E-state index in [0.29, 0.717) is 29.7 Å². The van der Waals surface area contributed by atoms with Gasteiger partial charge in [-0.3, -0.25) is 33.6 Å². The highest BCUT2D eigenvalue weighted by Crippen LogP contribution is 2.43. The molecule has 4 aliphatic rings. The van der Waals surface area contributed by atoms with Crippen LogP contribution in [0.2, 0.25) is 0 Å². The van der Waals surface area contributed by atoms with Crippen LogP contribution in [0.1, 0.15) is 82.4 Å². The molecule has 2 unspecified atom stereocenters. The van der Waals surface area contributed by atoms with Gasteiger partial charge in [0, 0.05) is 79.3 Å². The topological polar surface area (TPSA) is 113 Å². The molecule has 4 aliphatic heterocycles. The van der Waals surface area contributed by atoms with Crippen molar-refractivity contribution < 1.29 is 18.8 Å². The molecule has 0 spiro atoms. The fraction of sp³-hybridized carbons (Fsp3) is 0.372. The van der Waals surface area contributed by atoms with Crippen LogP contribution < -0.4 is 20.7 Å². The minimum Gasteiger partial charge on any atom is -0.371 e. The first-order valence-electron chi connectivity index (χ1n) is 19.5. The van der Waals surface area contributed by atoms with E-state index in [1.807, 2.05) is 61.3 Å². The molecule has 0 aliphatic carbocycles. The van der Waals surface area contributed by atoms with Gasteiger partial charge in [-0.1, -0.05) is 0 Å². The maximum absolute atomic E-state index is 15.4. The Bertz CT molecular complexity index is 2520. The smallest absolute Gasteiger partial charge is 0.255 e. The highest BCUT2D eigenvalue weighted by molar-refractivity contribution is 6.12. The predicted molar refractivity (Wildman–Crippen MR) is 214 cm³/mol. The van der Waals surface area contributed by atoms with E-state index >= 15 is 4.39 Å². The van der Waals surface area contributed by atoms with E-state index in [-0.39, 0.29) is 29.8 Å². The molecule has 2 radical (unpaired) electrons. The van der Waals surface area contributed by atoms with Gasteiger partial charge in [-0.05, 0) is 122 Å². The van der Waals surface area contributed by atoms with E-state index in [4.69, 9.17) is 12.9 Å². The number of hydrogen-bond acceptors (Lipinski definition) is 7. The summed E-state index contributed by atoms with van der Waals surface area (Å²) in [4.78, 5) is 56.3. The molecule has 3 aromatic carbocycles. The molecule has 2 saturated heterocycles. The van der Waals surface area contributed by atoms with Crippen molar-refractivity contribution in [1.29, 1.82) is 0 Å². The number of imide groups is 1. The van der Waals surface area contributed by atoms with Gasteiger partial charge in [-0.15, -0.1) is 0 Å². The number of rotatable bonds is 6. The van der Waals surface area contributed by atoms with Gasteiger partial charge in [0.05, 0.1) is 29.5 Å². The Morgan fingerprint density at radius 1 is 0.893 bits per heavy atom. The largest absolute Gasteiger partial charge is 0.371 e. The van der Waals surface area contributed by atoms with Gasteiger partial charge >= 0.3 is 0 Å². The molecule has 0 saturated carbocycles. The molecule has 9 rings (SSSR count). The second-order valence-electron chi connectivity index (χ2n) is 15.8. The van der Waals surface area contributed by atoms with Gasteiger partial charge in [0.25, 0.3) is 11.5 Å². The quantitative estimate of drug-likeness (QED) is 0.171. The lowest BCUT2D eigenvalue weighted by Crippen LogP contribution is -2.52. The summed E-state index contributed by atoms with van der Waals surface area (Å²) < 4.78 is 19.1. The molecule has 2 atom stereocenters. The summed E-state index contributed by atoms with van der Waals surface area (Å²) in [6.07, 6.45) is 6.16. The third kappa shape index (κ3) is 6.08. The maximum Gasteiger partial charge on any atom is 0.255 e. The number of pyridine rings is 1. The molecule has 3 amide bonds. The number of hydrogen-bond donors (Lipinski definition) is 1. The molecule has 6 heterocycles. The number of halogens is 1. The summed E-state index contributed by atoms with van der Waals surface area (Å²) in [7, 11) is 7.86. The fourth-order valence-electron chi connectivity index (χ4n) is 9.26. The molecule has 2 fully saturated rings. The van der Waals surface area contributed by atoms with Crippen LogP contribution in [0.5, 0.6) is 0 Å². The zero-order valence-electron chi connectivity index (χ0n) is 31.8. The molecule has 1 N–H and O–H groups in total. The van der Waals surface area contributed by atoms with Crippen molar-refractivity contribution in [1.82, 2.24) is 24.6 Å². The molecule has 56 heavy (non-hydrogen) atoms. The number of fused-ring (bicyclic) bond motifs is 3. The average Bonchev–Trinajstić information content (AvgIpc) is 3.81. The number of carbonyl (C=O) groups excluding carboxylic acids is 3. The minimum atomic E-state index is -1.69. The Kier molecular flexibility index (Phi) is 8.85. The summed E-state index contributed by atoms with van der Waals surface area (Å²) in [5.41, 5.74) is 10.1. The second-order valence-corrected chi connectivity index (χ2v) is 15.8. The van der Waals surface area contributed by atoms with Crippen molar-refractivity contribution in [3.05, 3.63) is 105 Å². The van der Waals surface area contributed by atoms with Crippen LogP contribution in [0.15, 0.2) is 65.7 Å². The number of nitrogens with zero attached hydrogens (tertiary/aromatic N) is 6. The Hall–Kier alpha value is -5.72. The molecule has 284 valence electrons. The summed E-state index contributed by atoms with van der Waals surface area (Å²) in [6, 6.07) is 15.5. The lowest BCUT2D eigenvalue weighted by Gasteiger charge is -2.34. The summed E-state index contributed by atoms with van der Waals surface area (Å²) in [5.74, 6) is -0.885. The predicted octanol–water partition coefficient (Wildman–Crippen LogP) is 5.84. The number of aromatic nitrogens is 3. The molecule has 13 heteroatoms. The third-order valence-corrected chi connectivity index (χ3v) is 12.2. The van der Waals surface area contributed by atoms with Crippen LogP contribution in [-0.4, -0.2) is 70.5 Å². The van der Waals surface area contributed by atoms with Crippen molar-refractivity contribution in [2.24, 2.45) is 7.05 Å². The highest BCUT2D eigenvalue weighted by atomic mass is 19.1. The number of aryl methyl sites for hydroxylation is 4. The summed E-state index contributed by atoms with van der Waals surface area (Å²) >= 11 is 0. The van der Waals surface area contributed by atoms with E-state index < -0.39 is 18.0 Å². The molecule has 2 aromatic heterocycles. The maximum atomic E-state index is 15.4. The van der Waals surface area contributed by atoms with Crippen LogP contribution in [0.3, 0.4) is 0 Å². The Labute approximate surface area is 325 Å². The van der Waals surface area contributed by atoms with Crippen LogP contribution in [-0.2, 0) is 29.6 Å². The summed E-state index contributed by atoms with van der Waals surface area (Å²) in [6.45, 7) is 6.55. The molecule has 5 aromatic rings. The Morgan fingerprint density at radius 2 is 1.70 bits per heavy atom. The van der Waals surface area contributed by atoms with Crippen molar-refractivity contribution in [2.75, 3.05) is 29.4 Å². The fourth-order valence-corrected chi connectivity index (χ4v) is 9.26. The van der Waals surface area contributed by atoms with E-state index in [1.165, 1.54) is 0 Å². The zero-order chi connectivity index (χ0) is 39.0. The average molecular weight is 752 g/mol. The summed E-state index contributed by atoms with van der Waals surface area (Å²) in [5, 5.41) is 8.12. The van der Waals surface area contributed by atoms with Gasteiger partial charge in [0.1, 0.15) is 13.9 Å².